The van der Waals surface area contributed by atoms with Gasteiger partial charge < -0.3 is 20.4 Å². The fourth-order valence-electron chi connectivity index (χ4n) is 4.50. The molecule has 3 N–H and O–H groups in total. The number of anilines is 2. The highest BCUT2D eigenvalue weighted by atomic mass is 19.1. The lowest BCUT2D eigenvalue weighted by Crippen LogP contribution is -2.49. The number of halogens is 2. The topological polar surface area (TPSA) is 117 Å². The first kappa shape index (κ1) is 24.4. The number of aryl methyl sites for hydroxylation is 1. The van der Waals surface area contributed by atoms with E-state index in [1.54, 1.807) is 24.1 Å². The molecule has 0 bridgehead atoms. The van der Waals surface area contributed by atoms with Crippen LogP contribution in [0.3, 0.4) is 0 Å². The monoisotopic (exact) mass is 509 g/mol. The van der Waals surface area contributed by atoms with E-state index in [0.717, 1.165) is 37.6 Å². The van der Waals surface area contributed by atoms with Crippen LogP contribution in [0.25, 0.3) is 0 Å². The summed E-state index contributed by atoms with van der Waals surface area (Å²) in [5.41, 5.74) is 1.03. The highest BCUT2D eigenvalue weighted by Crippen LogP contribution is 2.34. The first-order valence-electron chi connectivity index (χ1n) is 11.7. The number of rotatable bonds is 6. The van der Waals surface area contributed by atoms with Crippen molar-refractivity contribution in [2.24, 2.45) is 18.0 Å². The molecule has 12 heteroatoms. The summed E-state index contributed by atoms with van der Waals surface area (Å²) in [6.07, 6.45) is 5.32. The van der Waals surface area contributed by atoms with E-state index in [0.29, 0.717) is 29.6 Å². The summed E-state index contributed by atoms with van der Waals surface area (Å²) >= 11 is 0. The minimum atomic E-state index is -0.952. The molecule has 1 amide bonds. The largest absolute Gasteiger partial charge is 0.448 e. The number of fused-ring (bicyclic) bond motifs is 1. The number of ether oxygens (including phenoxy) is 1. The maximum Gasteiger partial charge on any atom is 0.292 e. The predicted octanol–water partition coefficient (Wildman–Crippen LogP) is 2.90. The Labute approximate surface area is 210 Å². The van der Waals surface area contributed by atoms with Crippen molar-refractivity contribution in [3.63, 3.8) is 0 Å². The smallest absolute Gasteiger partial charge is 0.292 e. The number of amides is 1. The molecular weight excluding hydrogens is 484 g/mol. The SMILES string of the molecule is C=CC(=O)N1c2[nH]c(=O)c(Oc3ccc(F)cc3F)cc2C(C2CCCNC2)=NC1Nc1cnn(C)c1. The standard InChI is InChI=1S/C25H25F2N7O3/c1-3-21(35)34-23-17(10-20(24(36)32-23)37-19-7-6-15(26)9-18(19)27)22(14-5-4-8-28-11-14)31-25(34)30-16-12-29-33(2)13-16/h3,6-7,9-10,12-14,25,28,30H,1,4-5,8,11H2,2H3,(H,32,36). The summed E-state index contributed by atoms with van der Waals surface area (Å²) in [6, 6.07) is 4.24. The van der Waals surface area contributed by atoms with Gasteiger partial charge in [0.05, 0.1) is 17.6 Å². The summed E-state index contributed by atoms with van der Waals surface area (Å²) in [6.45, 7) is 5.11. The molecule has 0 aliphatic carbocycles. The van der Waals surface area contributed by atoms with Crippen LogP contribution < -0.4 is 25.8 Å². The first-order valence-corrected chi connectivity index (χ1v) is 11.7. The van der Waals surface area contributed by atoms with E-state index in [9.17, 15) is 18.4 Å². The quantitative estimate of drug-likeness (QED) is 0.440. The van der Waals surface area contributed by atoms with Crippen molar-refractivity contribution in [2.75, 3.05) is 23.3 Å². The summed E-state index contributed by atoms with van der Waals surface area (Å²) < 4.78 is 34.8. The van der Waals surface area contributed by atoms with Crippen LogP contribution in [0.1, 0.15) is 18.4 Å². The molecule has 1 saturated heterocycles. The van der Waals surface area contributed by atoms with E-state index in [1.807, 2.05) is 0 Å². The van der Waals surface area contributed by atoms with Crippen molar-refractivity contribution in [3.8, 4) is 11.5 Å². The second kappa shape index (κ2) is 9.97. The Hall–Kier alpha value is -4.32. The number of aromatic amines is 1. The number of piperidine rings is 1. The number of carbonyl (C=O) groups excluding carboxylic acids is 1. The zero-order valence-electron chi connectivity index (χ0n) is 20.0. The van der Waals surface area contributed by atoms with Crippen LogP contribution >= 0.6 is 0 Å². The van der Waals surface area contributed by atoms with Crippen LogP contribution in [0.4, 0.5) is 20.3 Å². The van der Waals surface area contributed by atoms with Crippen LogP contribution in [-0.2, 0) is 11.8 Å². The van der Waals surface area contributed by atoms with E-state index in [-0.39, 0.29) is 23.2 Å². The molecule has 10 nitrogen and oxygen atoms in total. The number of nitrogens with one attached hydrogen (secondary N) is 3. The summed E-state index contributed by atoms with van der Waals surface area (Å²) in [4.78, 5) is 35.0. The van der Waals surface area contributed by atoms with Gasteiger partial charge in [0.1, 0.15) is 11.6 Å². The maximum absolute atomic E-state index is 14.3. The lowest BCUT2D eigenvalue weighted by molar-refractivity contribution is -0.114. The summed E-state index contributed by atoms with van der Waals surface area (Å²) in [5, 5.41) is 10.7. The summed E-state index contributed by atoms with van der Waals surface area (Å²) in [7, 11) is 1.76. The minimum absolute atomic E-state index is 0.0204. The number of benzene rings is 1. The third-order valence-corrected chi connectivity index (χ3v) is 6.22. The van der Waals surface area contributed by atoms with E-state index in [1.165, 1.54) is 11.0 Å². The second-order valence-electron chi connectivity index (χ2n) is 8.79. The molecule has 5 rings (SSSR count). The second-order valence-corrected chi connectivity index (χ2v) is 8.79. The van der Waals surface area contributed by atoms with Gasteiger partial charge in [0.25, 0.3) is 11.5 Å². The Morgan fingerprint density at radius 3 is 2.81 bits per heavy atom. The molecule has 0 radical (unpaired) electrons. The van der Waals surface area contributed by atoms with E-state index >= 15 is 0 Å². The molecule has 2 atom stereocenters. The molecule has 2 aliphatic rings. The first-order chi connectivity index (χ1) is 17.8. The van der Waals surface area contributed by atoms with Gasteiger partial charge in [-0.1, -0.05) is 6.58 Å². The molecule has 192 valence electrons. The van der Waals surface area contributed by atoms with Crippen molar-refractivity contribution in [3.05, 3.63) is 76.9 Å². The Morgan fingerprint density at radius 1 is 1.30 bits per heavy atom. The molecule has 1 aromatic carbocycles. The average Bonchev–Trinajstić information content (AvgIpc) is 3.30. The number of aliphatic imine (C=N–C) groups is 1. The molecule has 0 spiro atoms. The zero-order valence-corrected chi connectivity index (χ0v) is 20.0. The normalized spacial score (nSPS) is 19.1. The molecule has 2 unspecified atom stereocenters. The van der Waals surface area contributed by atoms with Crippen LogP contribution in [-0.4, -0.2) is 45.8 Å². The number of carbonyl (C=O) groups is 1. The molecule has 0 saturated carbocycles. The molecule has 37 heavy (non-hydrogen) atoms. The number of hydrogen-bond donors (Lipinski definition) is 3. The van der Waals surface area contributed by atoms with Crippen LogP contribution in [0.2, 0.25) is 0 Å². The van der Waals surface area contributed by atoms with Gasteiger partial charge in [-0.2, -0.15) is 5.10 Å². The highest BCUT2D eigenvalue weighted by Gasteiger charge is 2.36. The number of hydrogen-bond acceptors (Lipinski definition) is 7. The Morgan fingerprint density at radius 2 is 2.14 bits per heavy atom. The van der Waals surface area contributed by atoms with Gasteiger partial charge in [0.2, 0.25) is 6.29 Å². The fraction of sp³-hybridized carbons (Fsp3) is 0.280. The van der Waals surface area contributed by atoms with E-state index in [4.69, 9.17) is 9.73 Å². The molecule has 3 aromatic rings. The van der Waals surface area contributed by atoms with Crippen LogP contribution in [0, 0.1) is 17.6 Å². The maximum atomic E-state index is 14.3. The van der Waals surface area contributed by atoms with Crippen molar-refractivity contribution in [2.45, 2.75) is 19.1 Å². The molecule has 4 heterocycles. The lowest BCUT2D eigenvalue weighted by atomic mass is 9.89. The Kier molecular flexibility index (Phi) is 6.57. The molecule has 1 fully saturated rings. The molecule has 2 aromatic heterocycles. The number of nitrogens with zero attached hydrogens (tertiary/aromatic N) is 4. The third kappa shape index (κ3) is 4.87. The number of pyridine rings is 1. The van der Waals surface area contributed by atoms with E-state index in [2.05, 4.69) is 27.3 Å². The minimum Gasteiger partial charge on any atom is -0.448 e. The van der Waals surface area contributed by atoms with Crippen molar-refractivity contribution in [1.82, 2.24) is 20.1 Å². The van der Waals surface area contributed by atoms with Gasteiger partial charge in [-0.15, -0.1) is 0 Å². The fourth-order valence-corrected chi connectivity index (χ4v) is 4.50. The number of aromatic nitrogens is 3. The van der Waals surface area contributed by atoms with Crippen molar-refractivity contribution in [1.29, 1.82) is 0 Å². The predicted molar refractivity (Wildman–Crippen MR) is 134 cm³/mol. The van der Waals surface area contributed by atoms with Gasteiger partial charge in [-0.05, 0) is 43.7 Å². The zero-order chi connectivity index (χ0) is 26.1. The van der Waals surface area contributed by atoms with Gasteiger partial charge in [-0.3, -0.25) is 19.2 Å². The number of H-pyrrole nitrogens is 1. The van der Waals surface area contributed by atoms with Gasteiger partial charge >= 0.3 is 0 Å². The van der Waals surface area contributed by atoms with Gasteiger partial charge in [0.15, 0.2) is 17.3 Å². The summed E-state index contributed by atoms with van der Waals surface area (Å²) in [5.74, 6) is -2.56. The van der Waals surface area contributed by atoms with Gasteiger partial charge in [0, 0.05) is 37.3 Å². The Balaban J connectivity index is 1.62. The van der Waals surface area contributed by atoms with Crippen LogP contribution in [0.5, 0.6) is 11.5 Å². The van der Waals surface area contributed by atoms with Crippen molar-refractivity contribution < 1.29 is 18.3 Å². The highest BCUT2D eigenvalue weighted by molar-refractivity contribution is 6.13. The van der Waals surface area contributed by atoms with E-state index < -0.39 is 29.4 Å². The Bertz CT molecular complexity index is 1440. The molecular formula is C25H25F2N7O3. The van der Waals surface area contributed by atoms with Crippen molar-refractivity contribution >= 4 is 23.1 Å². The molecule has 2 aliphatic heterocycles. The lowest BCUT2D eigenvalue weighted by Gasteiger charge is -2.37. The van der Waals surface area contributed by atoms with Crippen LogP contribution in [0.15, 0.2) is 59.1 Å². The average molecular weight is 510 g/mol. The van der Waals surface area contributed by atoms with Gasteiger partial charge in [-0.25, -0.2) is 13.8 Å². The third-order valence-electron chi connectivity index (χ3n) is 6.22.